The minimum Gasteiger partial charge on any atom is -0.399 e. The molecule has 0 fully saturated rings. The predicted octanol–water partition coefficient (Wildman–Crippen LogP) is 2.40. The molecule has 0 spiro atoms. The molecule has 0 radical (unpaired) electrons. The lowest BCUT2D eigenvalue weighted by Crippen LogP contribution is -1.80. The third-order valence-electron chi connectivity index (χ3n) is 1.35. The van der Waals surface area contributed by atoms with Crippen LogP contribution in [0.3, 0.4) is 0 Å². The first-order chi connectivity index (χ1) is 6.36. The first kappa shape index (κ1) is 9.58. The van der Waals surface area contributed by atoms with E-state index in [1.807, 2.05) is 24.3 Å². The zero-order valence-corrected chi connectivity index (χ0v) is 7.91. The van der Waals surface area contributed by atoms with Crippen LogP contribution in [-0.4, -0.2) is 18.5 Å². The van der Waals surface area contributed by atoms with E-state index in [4.69, 9.17) is 0 Å². The van der Waals surface area contributed by atoms with Gasteiger partial charge in [0.05, 0.1) is 17.1 Å². The lowest BCUT2D eigenvalue weighted by atomic mass is 10.2. The molecule has 66 valence electrons. The van der Waals surface area contributed by atoms with Crippen LogP contribution in [0, 0.1) is 0 Å². The molecule has 1 aromatic rings. The van der Waals surface area contributed by atoms with Crippen molar-refractivity contribution < 1.29 is 4.84 Å². The van der Waals surface area contributed by atoms with Crippen molar-refractivity contribution in [3.8, 4) is 0 Å². The van der Waals surface area contributed by atoms with Crippen molar-refractivity contribution in [1.82, 2.24) is 0 Å². The zero-order valence-electron chi connectivity index (χ0n) is 7.10. The van der Waals surface area contributed by atoms with Crippen molar-refractivity contribution in [1.29, 1.82) is 0 Å². The van der Waals surface area contributed by atoms with Crippen molar-refractivity contribution in [2.24, 2.45) is 10.1 Å². The van der Waals surface area contributed by atoms with E-state index in [2.05, 4.69) is 32.4 Å². The van der Waals surface area contributed by atoms with E-state index in [1.165, 1.54) is 7.11 Å². The number of oxime groups is 1. The summed E-state index contributed by atoms with van der Waals surface area (Å²) in [4.78, 5) is 8.39. The number of benzene rings is 1. The van der Waals surface area contributed by atoms with Gasteiger partial charge in [0.25, 0.3) is 0 Å². The summed E-state index contributed by atoms with van der Waals surface area (Å²) < 4.78 is 0. The maximum absolute atomic E-state index is 4.55. The van der Waals surface area contributed by atoms with Gasteiger partial charge in [-0.25, -0.2) is 0 Å². The number of aliphatic imine (C=N–C) groups is 1. The summed E-state index contributed by atoms with van der Waals surface area (Å²) >= 11 is 4.49. The van der Waals surface area contributed by atoms with Crippen molar-refractivity contribution in [2.45, 2.75) is 0 Å². The molecular weight excluding hydrogens is 184 g/mol. The number of hydrogen-bond acceptors (Lipinski definition) is 4. The lowest BCUT2D eigenvalue weighted by Gasteiger charge is -1.93. The minimum atomic E-state index is 0.759. The summed E-state index contributed by atoms with van der Waals surface area (Å²) in [6.45, 7) is 0. The van der Waals surface area contributed by atoms with Gasteiger partial charge in [0.15, 0.2) is 0 Å². The number of isothiocyanates is 1. The summed E-state index contributed by atoms with van der Waals surface area (Å²) in [6.07, 6.45) is 1.60. The molecule has 3 nitrogen and oxygen atoms in total. The van der Waals surface area contributed by atoms with E-state index in [0.717, 1.165) is 11.3 Å². The Balaban J connectivity index is 2.91. The molecule has 0 bridgehead atoms. The van der Waals surface area contributed by atoms with E-state index >= 15 is 0 Å². The largest absolute Gasteiger partial charge is 0.399 e. The summed E-state index contributed by atoms with van der Waals surface area (Å²) in [6, 6.07) is 7.43. The van der Waals surface area contributed by atoms with Gasteiger partial charge < -0.3 is 4.84 Å². The maximum Gasteiger partial charge on any atom is 0.106 e. The molecule has 0 saturated carbocycles. The smallest absolute Gasteiger partial charge is 0.106 e. The molecule has 1 aromatic carbocycles. The van der Waals surface area contributed by atoms with Crippen molar-refractivity contribution in [2.75, 3.05) is 7.11 Å². The SMILES string of the molecule is CON=Cc1cccc(N=C=S)c1. The average Bonchev–Trinajstić information content (AvgIpc) is 2.16. The van der Waals surface area contributed by atoms with E-state index in [-0.39, 0.29) is 0 Å². The molecule has 0 aliphatic carbocycles. The fourth-order valence-corrected chi connectivity index (χ4v) is 0.946. The molecule has 0 N–H and O–H groups in total. The van der Waals surface area contributed by atoms with Gasteiger partial charge in [0, 0.05) is 0 Å². The molecule has 4 heteroatoms. The highest BCUT2D eigenvalue weighted by Gasteiger charge is 1.90. The van der Waals surface area contributed by atoms with Gasteiger partial charge in [0.2, 0.25) is 0 Å². The highest BCUT2D eigenvalue weighted by atomic mass is 32.1. The van der Waals surface area contributed by atoms with Crippen LogP contribution in [0.15, 0.2) is 34.4 Å². The maximum atomic E-state index is 4.55. The predicted molar refractivity (Wildman–Crippen MR) is 55.7 cm³/mol. The average molecular weight is 192 g/mol. The topological polar surface area (TPSA) is 34.0 Å². The van der Waals surface area contributed by atoms with Crippen LogP contribution in [-0.2, 0) is 4.84 Å². The van der Waals surface area contributed by atoms with E-state index in [9.17, 15) is 0 Å². The van der Waals surface area contributed by atoms with Crippen LogP contribution in [0.4, 0.5) is 5.69 Å². The van der Waals surface area contributed by atoms with Gasteiger partial charge in [-0.15, -0.1) is 0 Å². The normalized spacial score (nSPS) is 9.62. The number of hydrogen-bond donors (Lipinski definition) is 0. The van der Waals surface area contributed by atoms with Gasteiger partial charge in [-0.1, -0.05) is 17.3 Å². The van der Waals surface area contributed by atoms with Crippen LogP contribution >= 0.6 is 12.2 Å². The number of rotatable bonds is 3. The van der Waals surface area contributed by atoms with Gasteiger partial charge in [-0.05, 0) is 29.9 Å². The Bertz CT molecular complexity index is 356. The highest BCUT2D eigenvalue weighted by molar-refractivity contribution is 7.78. The summed E-state index contributed by atoms with van der Waals surface area (Å²) in [7, 11) is 1.50. The Morgan fingerprint density at radius 1 is 1.54 bits per heavy atom. The molecule has 0 saturated heterocycles. The fraction of sp³-hybridized carbons (Fsp3) is 0.111. The Kier molecular flexibility index (Phi) is 3.82. The number of nitrogens with zero attached hydrogens (tertiary/aromatic N) is 2. The molecule has 0 amide bonds. The monoisotopic (exact) mass is 192 g/mol. The fourth-order valence-electron chi connectivity index (χ4n) is 0.841. The van der Waals surface area contributed by atoms with Crippen LogP contribution < -0.4 is 0 Å². The molecule has 0 aromatic heterocycles. The molecule has 0 aliphatic rings. The molecule has 0 heterocycles. The second kappa shape index (κ2) is 5.19. The number of thiocarbonyl (C=S) groups is 1. The van der Waals surface area contributed by atoms with Crippen molar-refractivity contribution in [3.05, 3.63) is 29.8 Å². The summed E-state index contributed by atoms with van der Waals surface area (Å²) in [5, 5.41) is 5.93. The Labute approximate surface area is 81.7 Å². The Morgan fingerprint density at radius 2 is 2.38 bits per heavy atom. The van der Waals surface area contributed by atoms with E-state index in [0.29, 0.717) is 0 Å². The van der Waals surface area contributed by atoms with Gasteiger partial charge in [0.1, 0.15) is 7.11 Å². The zero-order chi connectivity index (χ0) is 9.52. The molecule has 0 unspecified atom stereocenters. The van der Waals surface area contributed by atoms with E-state index in [1.54, 1.807) is 6.21 Å². The van der Waals surface area contributed by atoms with Crippen LogP contribution in [0.1, 0.15) is 5.56 Å². The van der Waals surface area contributed by atoms with Gasteiger partial charge >= 0.3 is 0 Å². The Morgan fingerprint density at radius 3 is 3.08 bits per heavy atom. The van der Waals surface area contributed by atoms with E-state index < -0.39 is 0 Å². The van der Waals surface area contributed by atoms with Crippen molar-refractivity contribution >= 4 is 29.3 Å². The third-order valence-corrected chi connectivity index (χ3v) is 1.44. The summed E-state index contributed by atoms with van der Waals surface area (Å²) in [5.41, 5.74) is 1.67. The second-order valence-electron chi connectivity index (χ2n) is 2.22. The second-order valence-corrected chi connectivity index (χ2v) is 2.40. The van der Waals surface area contributed by atoms with Crippen LogP contribution in [0.2, 0.25) is 0 Å². The molecule has 0 atom stereocenters. The molecule has 13 heavy (non-hydrogen) atoms. The lowest BCUT2D eigenvalue weighted by molar-refractivity contribution is 0.215. The highest BCUT2D eigenvalue weighted by Crippen LogP contribution is 2.11. The van der Waals surface area contributed by atoms with Gasteiger partial charge in [-0.2, -0.15) is 4.99 Å². The van der Waals surface area contributed by atoms with Crippen molar-refractivity contribution in [3.63, 3.8) is 0 Å². The standard InChI is InChI=1S/C9H8N2OS/c1-12-11-6-8-3-2-4-9(5-8)10-7-13/h2-6H,1H3. The Hall–Kier alpha value is -1.51. The van der Waals surface area contributed by atoms with Crippen LogP contribution in [0.5, 0.6) is 0 Å². The third kappa shape index (κ3) is 3.15. The molecular formula is C9H8N2OS. The summed E-state index contributed by atoms with van der Waals surface area (Å²) in [5.74, 6) is 0. The first-order valence-corrected chi connectivity index (χ1v) is 4.02. The molecule has 1 rings (SSSR count). The van der Waals surface area contributed by atoms with Crippen LogP contribution in [0.25, 0.3) is 0 Å². The van der Waals surface area contributed by atoms with Gasteiger partial charge in [-0.3, -0.25) is 0 Å². The quantitative estimate of drug-likeness (QED) is 0.418. The first-order valence-electron chi connectivity index (χ1n) is 3.61. The minimum absolute atomic E-state index is 0.759. The molecule has 0 aliphatic heterocycles.